The zero-order chi connectivity index (χ0) is 18.2. The number of nitrogens with one attached hydrogen (secondary N) is 1. The van der Waals surface area contributed by atoms with Crippen molar-refractivity contribution in [2.45, 2.75) is 13.0 Å². The van der Waals surface area contributed by atoms with E-state index in [-0.39, 0.29) is 16.3 Å². The molecule has 0 aliphatic heterocycles. The van der Waals surface area contributed by atoms with E-state index < -0.39 is 10.8 Å². The third-order valence-corrected chi connectivity index (χ3v) is 3.93. The quantitative estimate of drug-likeness (QED) is 0.443. The lowest BCUT2D eigenvalue weighted by molar-refractivity contribution is -0.385. The van der Waals surface area contributed by atoms with E-state index in [1.807, 2.05) is 25.2 Å². The fraction of sp³-hybridized carbons (Fsp3) is 0.278. The molecule has 0 heterocycles. The van der Waals surface area contributed by atoms with Gasteiger partial charge in [0.15, 0.2) is 0 Å². The summed E-state index contributed by atoms with van der Waals surface area (Å²) in [7, 11) is 2.01. The van der Waals surface area contributed by atoms with Crippen LogP contribution in [0.4, 0.5) is 5.69 Å². The molecule has 1 N–H and O–H groups in total. The normalized spacial score (nSPS) is 10.7. The molecule has 0 aliphatic carbocycles. The van der Waals surface area contributed by atoms with Gasteiger partial charge >= 0.3 is 0 Å². The standard InChI is InChI=1S/C18H20ClN3O3/c1-21(13-14-6-3-2-4-7-14)11-5-10-20-18(23)16-9-8-15(19)12-17(16)22(24)25/h2-4,6-9,12H,5,10-11,13H2,1H3,(H,20,23). The molecule has 0 aliphatic rings. The number of nitrogens with zero attached hydrogens (tertiary/aromatic N) is 2. The summed E-state index contributed by atoms with van der Waals surface area (Å²) < 4.78 is 0. The lowest BCUT2D eigenvalue weighted by Crippen LogP contribution is -2.28. The third-order valence-electron chi connectivity index (χ3n) is 3.70. The molecule has 2 aromatic carbocycles. The van der Waals surface area contributed by atoms with Crippen LogP contribution in [0.25, 0.3) is 0 Å². The summed E-state index contributed by atoms with van der Waals surface area (Å²) in [6.45, 7) is 2.08. The number of hydrogen-bond acceptors (Lipinski definition) is 4. The van der Waals surface area contributed by atoms with Gasteiger partial charge in [-0.15, -0.1) is 0 Å². The zero-order valence-corrected chi connectivity index (χ0v) is 14.7. The maximum atomic E-state index is 12.1. The molecule has 0 spiro atoms. The van der Waals surface area contributed by atoms with Crippen LogP contribution in [-0.2, 0) is 6.54 Å². The van der Waals surface area contributed by atoms with Gasteiger partial charge in [-0.3, -0.25) is 14.9 Å². The average Bonchev–Trinajstić information content (AvgIpc) is 2.59. The highest BCUT2D eigenvalue weighted by Gasteiger charge is 2.20. The largest absolute Gasteiger partial charge is 0.352 e. The number of amides is 1. The van der Waals surface area contributed by atoms with Gasteiger partial charge in [-0.1, -0.05) is 41.9 Å². The number of hydrogen-bond donors (Lipinski definition) is 1. The van der Waals surface area contributed by atoms with Crippen molar-refractivity contribution in [1.82, 2.24) is 10.2 Å². The molecule has 0 bridgehead atoms. The molecule has 132 valence electrons. The molecule has 0 radical (unpaired) electrons. The Bertz CT molecular complexity index is 738. The van der Waals surface area contributed by atoms with Crippen molar-refractivity contribution in [3.8, 4) is 0 Å². The number of carbonyl (C=O) groups is 1. The van der Waals surface area contributed by atoms with Crippen LogP contribution >= 0.6 is 11.6 Å². The first kappa shape index (κ1) is 18.9. The van der Waals surface area contributed by atoms with Crippen LogP contribution in [-0.4, -0.2) is 35.9 Å². The van der Waals surface area contributed by atoms with Crippen molar-refractivity contribution in [2.24, 2.45) is 0 Å². The van der Waals surface area contributed by atoms with Crippen molar-refractivity contribution in [3.05, 3.63) is 74.8 Å². The molecule has 2 aromatic rings. The summed E-state index contributed by atoms with van der Waals surface area (Å²) in [6.07, 6.45) is 0.746. The molecular weight excluding hydrogens is 342 g/mol. The molecule has 0 fully saturated rings. The van der Waals surface area contributed by atoms with Crippen molar-refractivity contribution < 1.29 is 9.72 Å². The predicted octanol–water partition coefficient (Wildman–Crippen LogP) is 3.50. The molecule has 0 aromatic heterocycles. The number of halogens is 1. The Morgan fingerprint density at radius 1 is 1.24 bits per heavy atom. The Labute approximate surface area is 151 Å². The van der Waals surface area contributed by atoms with E-state index in [4.69, 9.17) is 11.6 Å². The SMILES string of the molecule is CN(CCCNC(=O)c1ccc(Cl)cc1[N+](=O)[O-])Cc1ccccc1. The van der Waals surface area contributed by atoms with Crippen LogP contribution in [0, 0.1) is 10.1 Å². The molecule has 0 saturated heterocycles. The maximum Gasteiger partial charge on any atom is 0.283 e. The van der Waals surface area contributed by atoms with Gasteiger partial charge in [0, 0.05) is 24.2 Å². The van der Waals surface area contributed by atoms with Crippen LogP contribution < -0.4 is 5.32 Å². The van der Waals surface area contributed by atoms with Crippen molar-refractivity contribution >= 4 is 23.2 Å². The number of rotatable bonds is 8. The highest BCUT2D eigenvalue weighted by atomic mass is 35.5. The molecule has 0 unspecified atom stereocenters. The Balaban J connectivity index is 1.80. The molecule has 2 rings (SSSR count). The number of nitro groups is 1. The van der Waals surface area contributed by atoms with E-state index in [0.29, 0.717) is 6.54 Å². The minimum Gasteiger partial charge on any atom is -0.352 e. The summed E-state index contributed by atoms with van der Waals surface area (Å²) in [4.78, 5) is 24.7. The summed E-state index contributed by atoms with van der Waals surface area (Å²) in [6, 6.07) is 14.1. The predicted molar refractivity (Wildman–Crippen MR) is 97.8 cm³/mol. The summed E-state index contributed by atoms with van der Waals surface area (Å²) in [5.41, 5.74) is 0.962. The van der Waals surface area contributed by atoms with Crippen LogP contribution in [0.5, 0.6) is 0 Å². The molecular formula is C18H20ClN3O3. The van der Waals surface area contributed by atoms with Gasteiger partial charge in [-0.25, -0.2) is 0 Å². The van der Waals surface area contributed by atoms with E-state index in [1.54, 1.807) is 0 Å². The molecule has 1 amide bonds. The second-order valence-electron chi connectivity index (χ2n) is 5.75. The van der Waals surface area contributed by atoms with Crippen molar-refractivity contribution in [3.63, 3.8) is 0 Å². The lowest BCUT2D eigenvalue weighted by atomic mass is 10.1. The second-order valence-corrected chi connectivity index (χ2v) is 6.19. The van der Waals surface area contributed by atoms with E-state index in [2.05, 4.69) is 22.3 Å². The fourth-order valence-corrected chi connectivity index (χ4v) is 2.63. The van der Waals surface area contributed by atoms with Crippen LogP contribution in [0.3, 0.4) is 0 Å². The highest BCUT2D eigenvalue weighted by Crippen LogP contribution is 2.23. The molecule has 0 atom stereocenters. The van der Waals surface area contributed by atoms with E-state index in [9.17, 15) is 14.9 Å². The van der Waals surface area contributed by atoms with Gasteiger partial charge in [-0.05, 0) is 37.7 Å². The molecule has 7 heteroatoms. The van der Waals surface area contributed by atoms with Crippen molar-refractivity contribution in [2.75, 3.05) is 20.1 Å². The van der Waals surface area contributed by atoms with Gasteiger partial charge in [-0.2, -0.15) is 0 Å². The lowest BCUT2D eigenvalue weighted by Gasteiger charge is -2.16. The molecule has 6 nitrogen and oxygen atoms in total. The Hall–Kier alpha value is -2.44. The van der Waals surface area contributed by atoms with Gasteiger partial charge in [0.2, 0.25) is 0 Å². The van der Waals surface area contributed by atoms with Gasteiger partial charge in [0.1, 0.15) is 5.56 Å². The topological polar surface area (TPSA) is 75.5 Å². The highest BCUT2D eigenvalue weighted by molar-refractivity contribution is 6.31. The van der Waals surface area contributed by atoms with E-state index in [0.717, 1.165) is 19.5 Å². The Morgan fingerprint density at radius 2 is 1.96 bits per heavy atom. The Kier molecular flexibility index (Phi) is 6.91. The zero-order valence-electron chi connectivity index (χ0n) is 13.9. The first-order valence-electron chi connectivity index (χ1n) is 7.92. The summed E-state index contributed by atoms with van der Waals surface area (Å²) in [5.74, 6) is -0.464. The van der Waals surface area contributed by atoms with Gasteiger partial charge < -0.3 is 10.2 Å². The van der Waals surface area contributed by atoms with Crippen LogP contribution in [0.15, 0.2) is 48.5 Å². The second kappa shape index (κ2) is 9.15. The Morgan fingerprint density at radius 3 is 2.64 bits per heavy atom. The fourth-order valence-electron chi connectivity index (χ4n) is 2.47. The smallest absolute Gasteiger partial charge is 0.283 e. The number of benzene rings is 2. The minimum atomic E-state index is -0.603. The average molecular weight is 362 g/mol. The summed E-state index contributed by atoms with van der Waals surface area (Å²) in [5, 5.41) is 14.0. The number of nitro benzene ring substituents is 1. The first-order valence-corrected chi connectivity index (χ1v) is 8.30. The van der Waals surface area contributed by atoms with Gasteiger partial charge in [0.25, 0.3) is 11.6 Å². The summed E-state index contributed by atoms with van der Waals surface area (Å²) >= 11 is 5.75. The van der Waals surface area contributed by atoms with E-state index in [1.165, 1.54) is 23.8 Å². The first-order chi connectivity index (χ1) is 12.0. The number of carbonyl (C=O) groups excluding carboxylic acids is 1. The van der Waals surface area contributed by atoms with Crippen molar-refractivity contribution in [1.29, 1.82) is 0 Å². The van der Waals surface area contributed by atoms with Crippen LogP contribution in [0.1, 0.15) is 22.3 Å². The molecule has 0 saturated carbocycles. The third kappa shape index (κ3) is 5.85. The minimum absolute atomic E-state index is 0.0204. The van der Waals surface area contributed by atoms with E-state index >= 15 is 0 Å². The molecule has 25 heavy (non-hydrogen) atoms. The monoisotopic (exact) mass is 361 g/mol. The maximum absolute atomic E-state index is 12.1. The van der Waals surface area contributed by atoms with Gasteiger partial charge in [0.05, 0.1) is 4.92 Å². The van der Waals surface area contributed by atoms with Crippen LogP contribution in [0.2, 0.25) is 5.02 Å².